The summed E-state index contributed by atoms with van der Waals surface area (Å²) in [6.07, 6.45) is 3.15. The molecule has 2 aromatic carbocycles. The first-order chi connectivity index (χ1) is 14.6. The van der Waals surface area contributed by atoms with Crippen LogP contribution in [0.15, 0.2) is 52.1 Å². The Morgan fingerprint density at radius 3 is 2.48 bits per heavy atom. The molecule has 0 radical (unpaired) electrons. The maximum atomic E-state index is 12.5. The van der Waals surface area contributed by atoms with Gasteiger partial charge in [0.15, 0.2) is 0 Å². The molecule has 164 valence electrons. The number of carbonyl (C=O) groups is 1. The van der Waals surface area contributed by atoms with Crippen molar-refractivity contribution < 1.29 is 9.53 Å². The molecule has 2 atom stereocenters. The van der Waals surface area contributed by atoms with Crippen molar-refractivity contribution in [3.05, 3.63) is 73.2 Å². The summed E-state index contributed by atoms with van der Waals surface area (Å²) in [5.41, 5.74) is 3.58. The van der Waals surface area contributed by atoms with Crippen molar-refractivity contribution in [1.29, 1.82) is 0 Å². The Hall–Kier alpha value is -1.43. The lowest BCUT2D eigenvalue weighted by molar-refractivity contribution is -0.123. The number of rotatable bonds is 7. The summed E-state index contributed by atoms with van der Waals surface area (Å²) in [6, 6.07) is 10.3. The van der Waals surface area contributed by atoms with Crippen molar-refractivity contribution in [2.45, 2.75) is 20.5 Å². The van der Waals surface area contributed by atoms with Crippen LogP contribution in [-0.4, -0.2) is 12.1 Å². The maximum absolute atomic E-state index is 12.5. The monoisotopic (exact) mass is 518 g/mol. The Balaban J connectivity index is 1.69. The molecule has 31 heavy (non-hydrogen) atoms. The smallest absolute Gasteiger partial charge is 0.244 e. The number of hydrogen-bond donors (Lipinski definition) is 1. The third-order valence-corrected chi connectivity index (χ3v) is 6.48. The van der Waals surface area contributed by atoms with Crippen LogP contribution in [0.5, 0.6) is 5.75 Å². The van der Waals surface area contributed by atoms with Crippen LogP contribution < -0.4 is 10.2 Å². The van der Waals surface area contributed by atoms with E-state index in [4.69, 9.17) is 62.7 Å². The molecule has 0 aromatic heterocycles. The molecule has 9 heteroatoms. The van der Waals surface area contributed by atoms with Crippen LogP contribution >= 0.6 is 58.0 Å². The summed E-state index contributed by atoms with van der Waals surface area (Å²) in [6.45, 7) is 4.11. The molecule has 0 aliphatic heterocycles. The van der Waals surface area contributed by atoms with Crippen molar-refractivity contribution in [1.82, 2.24) is 5.43 Å². The summed E-state index contributed by atoms with van der Waals surface area (Å²) in [4.78, 5) is 12.5. The quantitative estimate of drug-likeness (QED) is 0.308. The van der Waals surface area contributed by atoms with Gasteiger partial charge < -0.3 is 4.74 Å². The van der Waals surface area contributed by atoms with E-state index < -0.39 is 0 Å². The normalized spacial score (nSPS) is 19.2. The zero-order chi connectivity index (χ0) is 22.8. The van der Waals surface area contributed by atoms with E-state index >= 15 is 0 Å². The average Bonchev–Trinajstić information content (AvgIpc) is 3.21. The fourth-order valence-electron chi connectivity index (χ4n) is 3.43. The van der Waals surface area contributed by atoms with Gasteiger partial charge in [-0.3, -0.25) is 4.79 Å². The van der Waals surface area contributed by atoms with Crippen molar-refractivity contribution >= 4 is 70.1 Å². The average molecular weight is 521 g/mol. The van der Waals surface area contributed by atoms with Gasteiger partial charge in [-0.2, -0.15) is 5.10 Å². The molecule has 0 unspecified atom stereocenters. The van der Waals surface area contributed by atoms with Crippen molar-refractivity contribution in [3.8, 4) is 5.75 Å². The van der Waals surface area contributed by atoms with Crippen LogP contribution in [0.3, 0.4) is 0 Å². The summed E-state index contributed by atoms with van der Waals surface area (Å²) in [7, 11) is 0. The lowest BCUT2D eigenvalue weighted by Crippen LogP contribution is -2.22. The third-order valence-electron chi connectivity index (χ3n) is 5.28. The molecule has 1 amide bonds. The Kier molecular flexibility index (Phi) is 7.82. The van der Waals surface area contributed by atoms with Gasteiger partial charge in [-0.1, -0.05) is 77.9 Å². The number of amides is 1. The van der Waals surface area contributed by atoms with E-state index in [1.807, 2.05) is 13.8 Å². The fourth-order valence-corrected chi connectivity index (χ4v) is 4.39. The summed E-state index contributed by atoms with van der Waals surface area (Å²) in [5.74, 6) is -0.0166. The number of nitrogens with zero attached hydrogens (tertiary/aromatic N) is 1. The number of carbonyl (C=O) groups excluding carboxylic acids is 1. The van der Waals surface area contributed by atoms with Crippen LogP contribution in [0.25, 0.3) is 0 Å². The number of nitrogens with one attached hydrogen (secondary N) is 1. The van der Waals surface area contributed by atoms with E-state index in [1.165, 1.54) is 6.21 Å². The summed E-state index contributed by atoms with van der Waals surface area (Å²) >= 11 is 30.0. The van der Waals surface area contributed by atoms with Gasteiger partial charge in [0.1, 0.15) is 16.8 Å². The topological polar surface area (TPSA) is 50.7 Å². The lowest BCUT2D eigenvalue weighted by Gasteiger charge is -2.12. The minimum Gasteiger partial charge on any atom is -0.488 e. The van der Waals surface area contributed by atoms with Gasteiger partial charge in [0.25, 0.3) is 0 Å². The minimum atomic E-state index is -0.269. The predicted molar refractivity (Wildman–Crippen MR) is 129 cm³/mol. The van der Waals surface area contributed by atoms with E-state index in [1.54, 1.807) is 42.5 Å². The zero-order valence-electron chi connectivity index (χ0n) is 16.6. The van der Waals surface area contributed by atoms with Crippen LogP contribution in [0.1, 0.15) is 25.0 Å². The van der Waals surface area contributed by atoms with E-state index in [-0.39, 0.29) is 34.3 Å². The molecule has 1 aliphatic rings. The number of hydrazone groups is 1. The van der Waals surface area contributed by atoms with Crippen LogP contribution in [0, 0.1) is 17.3 Å². The van der Waals surface area contributed by atoms with Gasteiger partial charge in [0.05, 0.1) is 12.1 Å². The Labute approximate surface area is 206 Å². The van der Waals surface area contributed by atoms with E-state index in [9.17, 15) is 4.79 Å². The maximum Gasteiger partial charge on any atom is 0.244 e. The first-order valence-corrected chi connectivity index (χ1v) is 11.2. The van der Waals surface area contributed by atoms with Crippen molar-refractivity contribution in [3.63, 3.8) is 0 Å². The lowest BCUT2D eigenvalue weighted by atomic mass is 10.1. The highest BCUT2D eigenvalue weighted by atomic mass is 35.5. The minimum absolute atomic E-state index is 0.0434. The van der Waals surface area contributed by atoms with Crippen LogP contribution in [-0.2, 0) is 11.4 Å². The molecule has 1 aliphatic carbocycles. The molecule has 1 saturated carbocycles. The molecular weight excluding hydrogens is 502 g/mol. The number of ether oxygens (including phenoxy) is 1. The van der Waals surface area contributed by atoms with Crippen molar-refractivity contribution in [2.75, 3.05) is 0 Å². The first-order valence-electron chi connectivity index (χ1n) is 9.32. The number of benzene rings is 2. The van der Waals surface area contributed by atoms with E-state index in [0.29, 0.717) is 31.9 Å². The molecule has 2 aromatic rings. The Morgan fingerprint density at radius 2 is 1.84 bits per heavy atom. The molecule has 1 fully saturated rings. The Morgan fingerprint density at radius 1 is 1.16 bits per heavy atom. The van der Waals surface area contributed by atoms with Crippen LogP contribution in [0.4, 0.5) is 0 Å². The van der Waals surface area contributed by atoms with Gasteiger partial charge in [0, 0.05) is 26.2 Å². The van der Waals surface area contributed by atoms with Gasteiger partial charge >= 0.3 is 0 Å². The molecule has 0 bridgehead atoms. The molecular formula is C22H19Cl5N2O2. The van der Waals surface area contributed by atoms with Gasteiger partial charge in [-0.15, -0.1) is 0 Å². The number of hydrogen-bond acceptors (Lipinski definition) is 3. The number of halogens is 5. The molecule has 0 saturated heterocycles. The fraction of sp³-hybridized carbons (Fsp3) is 0.273. The van der Waals surface area contributed by atoms with E-state index in [0.717, 1.165) is 0 Å². The molecule has 0 spiro atoms. The van der Waals surface area contributed by atoms with Gasteiger partial charge in [0.2, 0.25) is 5.91 Å². The Bertz CT molecular complexity index is 1030. The second-order valence-corrected chi connectivity index (χ2v) is 9.95. The largest absolute Gasteiger partial charge is 0.488 e. The molecule has 0 heterocycles. The summed E-state index contributed by atoms with van der Waals surface area (Å²) in [5, 5.41) is 5.59. The van der Waals surface area contributed by atoms with Crippen LogP contribution in [0.2, 0.25) is 15.1 Å². The van der Waals surface area contributed by atoms with Gasteiger partial charge in [-0.05, 0) is 47.7 Å². The summed E-state index contributed by atoms with van der Waals surface area (Å²) < 4.78 is 6.03. The number of allylic oxidation sites excluding steroid dienone is 1. The SMILES string of the molecule is CC1(C)[C@H](C(=O)NN=Cc2cc(Cl)ccc2OCc2c(Cl)cccc2Cl)[C@@H]1C=C(Cl)Cl. The molecule has 3 rings (SSSR count). The van der Waals surface area contributed by atoms with Crippen molar-refractivity contribution in [2.24, 2.45) is 22.4 Å². The second-order valence-electron chi connectivity index (χ2n) is 7.69. The molecule has 4 nitrogen and oxygen atoms in total. The first kappa shape index (κ1) is 24.2. The molecule has 1 N–H and O–H groups in total. The highest BCUT2D eigenvalue weighted by Crippen LogP contribution is 2.59. The highest BCUT2D eigenvalue weighted by molar-refractivity contribution is 6.55. The zero-order valence-corrected chi connectivity index (χ0v) is 20.4. The standard InChI is InChI=1S/C22H19Cl5N2O2/c1-22(2)15(9-19(26)27)20(22)21(30)29-28-10-12-8-13(23)6-7-18(12)31-11-14-16(24)4-3-5-17(14)25/h3-10,15,20H,11H2,1-2H3,(H,29,30)/t15-,20-/m0/s1. The van der Waals surface area contributed by atoms with Gasteiger partial charge in [-0.25, -0.2) is 5.43 Å². The predicted octanol–water partition coefficient (Wildman–Crippen LogP) is 7.27. The third kappa shape index (κ3) is 5.88. The highest BCUT2D eigenvalue weighted by Gasteiger charge is 2.60. The second kappa shape index (κ2) is 10.0. The van der Waals surface area contributed by atoms with E-state index in [2.05, 4.69) is 10.5 Å².